The maximum absolute atomic E-state index is 5.99. The van der Waals surface area contributed by atoms with E-state index in [9.17, 15) is 0 Å². The molecule has 20 heavy (non-hydrogen) atoms. The van der Waals surface area contributed by atoms with Gasteiger partial charge in [0.25, 0.3) is 0 Å². The van der Waals surface area contributed by atoms with Crippen molar-refractivity contribution < 1.29 is 0 Å². The lowest BCUT2D eigenvalue weighted by Gasteiger charge is -2.24. The summed E-state index contributed by atoms with van der Waals surface area (Å²) in [5.41, 5.74) is 4.58. The molecule has 0 amide bonds. The third-order valence-electron chi connectivity index (χ3n) is 4.15. The molecule has 3 rings (SSSR count). The van der Waals surface area contributed by atoms with Crippen molar-refractivity contribution in [2.45, 2.75) is 26.2 Å². The van der Waals surface area contributed by atoms with Crippen LogP contribution < -0.4 is 5.19 Å². The number of rotatable bonds is 3. The summed E-state index contributed by atoms with van der Waals surface area (Å²) >= 11 is 5.99. The minimum atomic E-state index is -0.419. The Morgan fingerprint density at radius 2 is 1.70 bits per heavy atom. The summed E-state index contributed by atoms with van der Waals surface area (Å²) in [6, 6.07) is 17.3. The molecule has 0 unspecified atom stereocenters. The van der Waals surface area contributed by atoms with Crippen LogP contribution in [0.2, 0.25) is 5.02 Å². The Balaban J connectivity index is 1.96. The fourth-order valence-electron chi connectivity index (χ4n) is 2.78. The van der Waals surface area contributed by atoms with Gasteiger partial charge in [-0.2, -0.15) is 0 Å². The molecule has 2 aromatic rings. The molecule has 1 aliphatic carbocycles. The van der Waals surface area contributed by atoms with Crippen molar-refractivity contribution in [3.05, 3.63) is 70.3 Å². The van der Waals surface area contributed by atoms with Crippen molar-refractivity contribution in [3.8, 4) is 0 Å². The Morgan fingerprint density at radius 1 is 1.00 bits per heavy atom. The van der Waals surface area contributed by atoms with Gasteiger partial charge < -0.3 is 0 Å². The van der Waals surface area contributed by atoms with Crippen LogP contribution >= 0.6 is 11.6 Å². The van der Waals surface area contributed by atoms with Crippen molar-refractivity contribution in [2.75, 3.05) is 0 Å². The lowest BCUT2D eigenvalue weighted by Crippen LogP contribution is -2.19. The van der Waals surface area contributed by atoms with Crippen molar-refractivity contribution in [1.29, 1.82) is 0 Å². The second kappa shape index (κ2) is 5.98. The van der Waals surface area contributed by atoms with Gasteiger partial charge >= 0.3 is 0 Å². The van der Waals surface area contributed by atoms with E-state index in [4.69, 9.17) is 11.6 Å². The predicted octanol–water partition coefficient (Wildman–Crippen LogP) is 4.04. The lowest BCUT2D eigenvalue weighted by molar-refractivity contribution is 0.668. The highest BCUT2D eigenvalue weighted by Crippen LogP contribution is 2.33. The number of aryl methyl sites for hydroxylation is 1. The highest BCUT2D eigenvalue weighted by atomic mass is 35.5. The zero-order chi connectivity index (χ0) is 13.9. The van der Waals surface area contributed by atoms with Crippen LogP contribution in [-0.2, 0) is 0 Å². The maximum atomic E-state index is 5.99. The first kappa shape index (κ1) is 13.7. The smallest absolute Gasteiger partial charge is 0.0843 e. The topological polar surface area (TPSA) is 0 Å². The van der Waals surface area contributed by atoms with Gasteiger partial charge in [-0.1, -0.05) is 64.0 Å². The first-order valence-electron chi connectivity index (χ1n) is 7.25. The van der Waals surface area contributed by atoms with Crippen LogP contribution in [0.4, 0.5) is 0 Å². The zero-order valence-electron chi connectivity index (χ0n) is 11.8. The first-order valence-corrected chi connectivity index (χ1v) is 9.04. The van der Waals surface area contributed by atoms with E-state index in [2.05, 4.69) is 43.3 Å². The van der Waals surface area contributed by atoms with Crippen molar-refractivity contribution in [2.24, 2.45) is 0 Å². The number of halogens is 1. The Bertz CT molecular complexity index is 635. The van der Waals surface area contributed by atoms with Crippen LogP contribution in [0.3, 0.4) is 0 Å². The van der Waals surface area contributed by atoms with Gasteiger partial charge in [0, 0.05) is 5.02 Å². The molecule has 0 spiro atoms. The third kappa shape index (κ3) is 2.89. The monoisotopic (exact) mass is 298 g/mol. The highest BCUT2D eigenvalue weighted by Gasteiger charge is 2.17. The summed E-state index contributed by atoms with van der Waals surface area (Å²) in [6.07, 6.45) is 3.95. The van der Waals surface area contributed by atoms with Crippen LogP contribution in [0, 0.1) is 6.92 Å². The number of allylic oxidation sites excluding steroid dienone is 1. The molecule has 0 aromatic heterocycles. The lowest BCUT2D eigenvalue weighted by atomic mass is 9.89. The third-order valence-corrected chi connectivity index (χ3v) is 6.51. The van der Waals surface area contributed by atoms with Gasteiger partial charge in [0.15, 0.2) is 0 Å². The standard InChI is InChI=1S/C18H19ClSi/c1-13-5-2-3-8-17(13)18(14-6-4-7-14)20-16-11-9-15(19)10-12-16/h2-3,5,8-12H,4,6-7,20H2,1H3. The fourth-order valence-corrected chi connectivity index (χ4v) is 4.98. The van der Waals surface area contributed by atoms with E-state index in [1.165, 1.54) is 35.6 Å². The van der Waals surface area contributed by atoms with Gasteiger partial charge in [0.1, 0.15) is 0 Å². The Hall–Kier alpha value is -1.31. The van der Waals surface area contributed by atoms with Crippen molar-refractivity contribution in [1.82, 2.24) is 0 Å². The highest BCUT2D eigenvalue weighted by molar-refractivity contribution is 6.73. The fraction of sp³-hybridized carbons (Fsp3) is 0.222. The molecule has 0 N–H and O–H groups in total. The largest absolute Gasteiger partial charge is 0.0882 e. The summed E-state index contributed by atoms with van der Waals surface area (Å²) in [5.74, 6) is 0. The first-order chi connectivity index (χ1) is 9.74. The molecular weight excluding hydrogens is 280 g/mol. The van der Waals surface area contributed by atoms with Gasteiger partial charge in [-0.15, -0.1) is 0 Å². The number of hydrogen-bond donors (Lipinski definition) is 0. The molecule has 0 heterocycles. The Morgan fingerprint density at radius 3 is 2.30 bits per heavy atom. The SMILES string of the molecule is Cc1ccccc1C([SiH2]c1ccc(Cl)cc1)=C1CCC1. The molecule has 0 atom stereocenters. The molecule has 1 fully saturated rings. The Labute approximate surface area is 128 Å². The summed E-state index contributed by atoms with van der Waals surface area (Å²) in [7, 11) is -0.419. The molecule has 102 valence electrons. The van der Waals surface area contributed by atoms with Gasteiger partial charge in [-0.05, 0) is 49.4 Å². The number of benzene rings is 2. The molecule has 0 radical (unpaired) electrons. The second-order valence-corrected chi connectivity index (χ2v) is 7.87. The van der Waals surface area contributed by atoms with E-state index >= 15 is 0 Å². The van der Waals surface area contributed by atoms with E-state index in [1.54, 1.807) is 10.8 Å². The van der Waals surface area contributed by atoms with Gasteiger partial charge in [0.05, 0.1) is 9.52 Å². The molecule has 2 aromatic carbocycles. The Kier molecular flexibility index (Phi) is 4.09. The van der Waals surface area contributed by atoms with Crippen LogP contribution in [-0.4, -0.2) is 9.52 Å². The van der Waals surface area contributed by atoms with E-state index in [0.29, 0.717) is 0 Å². The molecule has 1 saturated carbocycles. The summed E-state index contributed by atoms with van der Waals surface area (Å²) in [6.45, 7) is 2.23. The normalized spacial score (nSPS) is 14.6. The predicted molar refractivity (Wildman–Crippen MR) is 91.6 cm³/mol. The minimum Gasteiger partial charge on any atom is -0.0843 e. The summed E-state index contributed by atoms with van der Waals surface area (Å²) < 4.78 is 0. The molecule has 0 nitrogen and oxygen atoms in total. The van der Waals surface area contributed by atoms with Gasteiger partial charge in [-0.3, -0.25) is 0 Å². The molecule has 0 aliphatic heterocycles. The molecular formula is C18H19ClSi. The van der Waals surface area contributed by atoms with Gasteiger partial charge in [0.2, 0.25) is 0 Å². The summed E-state index contributed by atoms with van der Waals surface area (Å²) in [4.78, 5) is 0. The van der Waals surface area contributed by atoms with Crippen molar-refractivity contribution >= 4 is 31.5 Å². The quantitative estimate of drug-likeness (QED) is 0.750. The van der Waals surface area contributed by atoms with Crippen molar-refractivity contribution in [3.63, 3.8) is 0 Å². The molecule has 1 aliphatic rings. The average Bonchev–Trinajstić information content (AvgIpc) is 2.39. The molecule has 2 heteroatoms. The van der Waals surface area contributed by atoms with Crippen LogP contribution in [0.5, 0.6) is 0 Å². The minimum absolute atomic E-state index is 0.419. The summed E-state index contributed by atoms with van der Waals surface area (Å²) in [5, 5.41) is 3.97. The van der Waals surface area contributed by atoms with E-state index < -0.39 is 9.52 Å². The average molecular weight is 299 g/mol. The van der Waals surface area contributed by atoms with E-state index in [0.717, 1.165) is 5.02 Å². The zero-order valence-corrected chi connectivity index (χ0v) is 14.0. The van der Waals surface area contributed by atoms with Crippen LogP contribution in [0.15, 0.2) is 54.1 Å². The maximum Gasteiger partial charge on any atom is 0.0882 e. The molecule has 0 saturated heterocycles. The van der Waals surface area contributed by atoms with Gasteiger partial charge in [-0.25, -0.2) is 0 Å². The van der Waals surface area contributed by atoms with E-state index in [1.807, 2.05) is 12.1 Å². The second-order valence-electron chi connectivity index (χ2n) is 5.55. The van der Waals surface area contributed by atoms with Crippen LogP contribution in [0.25, 0.3) is 5.20 Å². The van der Waals surface area contributed by atoms with E-state index in [-0.39, 0.29) is 0 Å². The van der Waals surface area contributed by atoms with Crippen LogP contribution in [0.1, 0.15) is 30.4 Å². The number of hydrogen-bond acceptors (Lipinski definition) is 0. The molecule has 0 bridgehead atoms.